The number of unbranched alkanes of at least 4 members (excludes halogenated alkanes) is 1. The Morgan fingerprint density at radius 3 is 2.64 bits per heavy atom. The van der Waals surface area contributed by atoms with Crippen LogP contribution < -0.4 is 10.6 Å². The number of carbonyl (C=O) groups is 1. The fourth-order valence-corrected chi connectivity index (χ4v) is 2.77. The molecular weight excluding hydrogens is 313 g/mol. The van der Waals surface area contributed by atoms with Crippen LogP contribution in [0.15, 0.2) is 30.3 Å². The van der Waals surface area contributed by atoms with Gasteiger partial charge in [0.2, 0.25) is 7.85 Å². The lowest BCUT2D eigenvalue weighted by molar-refractivity contribution is 0.125. The van der Waals surface area contributed by atoms with Gasteiger partial charge in [0.15, 0.2) is 5.81 Å². The Labute approximate surface area is 152 Å². The molecule has 0 spiro atoms. The Hall–Kier alpha value is -1.84. The zero-order valence-corrected chi connectivity index (χ0v) is 15.2. The Morgan fingerprint density at radius 1 is 1.36 bits per heavy atom. The third kappa shape index (κ3) is 9.28. The highest BCUT2D eigenvalue weighted by atomic mass is 16.3. The fourth-order valence-electron chi connectivity index (χ4n) is 2.77. The normalized spacial score (nSPS) is 13.7. The number of rotatable bonds is 11. The molecule has 0 aliphatic rings. The number of nitriles is 1. The van der Waals surface area contributed by atoms with Gasteiger partial charge in [0.05, 0.1) is 18.2 Å². The van der Waals surface area contributed by atoms with Gasteiger partial charge in [-0.05, 0) is 30.2 Å². The van der Waals surface area contributed by atoms with Crippen LogP contribution in [-0.4, -0.2) is 44.0 Å². The number of aliphatic hydroxyl groups is 1. The highest BCUT2D eigenvalue weighted by molar-refractivity contribution is 6.57. The summed E-state index contributed by atoms with van der Waals surface area (Å²) in [5.74, 6) is -0.642. The predicted molar refractivity (Wildman–Crippen MR) is 100 cm³/mol. The number of hydrogen-bond acceptors (Lipinski definition) is 4. The van der Waals surface area contributed by atoms with E-state index in [4.69, 9.17) is 13.1 Å². The predicted octanol–water partition coefficient (Wildman–Crippen LogP) is 2.15. The maximum absolute atomic E-state index is 11.2. The molecule has 3 N–H and O–H groups in total. The first kappa shape index (κ1) is 21.2. The Balaban J connectivity index is 2.50. The number of nitrogens with one attached hydrogen (secondary N) is 2. The molecular formula is C19H28BN3O2. The van der Waals surface area contributed by atoms with Crippen molar-refractivity contribution in [2.24, 2.45) is 5.41 Å². The molecule has 0 aliphatic carbocycles. The van der Waals surface area contributed by atoms with Gasteiger partial charge in [0, 0.05) is 19.5 Å². The zero-order chi connectivity index (χ0) is 18.7. The van der Waals surface area contributed by atoms with E-state index in [1.54, 1.807) is 0 Å². The summed E-state index contributed by atoms with van der Waals surface area (Å²) in [4.78, 5) is 11.2. The molecule has 6 heteroatoms. The van der Waals surface area contributed by atoms with Gasteiger partial charge in [-0.2, -0.15) is 5.26 Å². The van der Waals surface area contributed by atoms with Crippen molar-refractivity contribution in [3.63, 3.8) is 0 Å². The number of carbonyl (C=O) groups excluding carboxylic acids is 1. The molecule has 2 atom stereocenters. The lowest BCUT2D eigenvalue weighted by Gasteiger charge is -2.28. The summed E-state index contributed by atoms with van der Waals surface area (Å²) in [5.41, 5.74) is 1.07. The van der Waals surface area contributed by atoms with Gasteiger partial charge in [-0.15, -0.1) is 0 Å². The quantitative estimate of drug-likeness (QED) is 0.425. The minimum Gasteiger partial charge on any atom is -0.390 e. The summed E-state index contributed by atoms with van der Waals surface area (Å²) >= 11 is 0. The summed E-state index contributed by atoms with van der Waals surface area (Å²) in [5, 5.41) is 25.0. The minimum atomic E-state index is -0.748. The molecule has 134 valence electrons. The molecule has 0 saturated heterocycles. The van der Waals surface area contributed by atoms with Crippen molar-refractivity contribution in [3.05, 3.63) is 35.9 Å². The number of hydrogen-bond donors (Lipinski definition) is 3. The average molecular weight is 341 g/mol. The second-order valence-corrected chi connectivity index (χ2v) is 7.18. The number of amides is 1. The van der Waals surface area contributed by atoms with Gasteiger partial charge in [0.25, 0.3) is 0 Å². The molecule has 0 fully saturated rings. The minimum absolute atomic E-state index is 0.0443. The van der Waals surface area contributed by atoms with Gasteiger partial charge in [-0.25, -0.2) is 0 Å². The Kier molecular flexibility index (Phi) is 9.26. The van der Waals surface area contributed by atoms with Crippen LogP contribution in [0.1, 0.15) is 38.7 Å². The summed E-state index contributed by atoms with van der Waals surface area (Å²) in [6.45, 7) is 5.35. The van der Waals surface area contributed by atoms with Crippen molar-refractivity contribution < 1.29 is 9.90 Å². The van der Waals surface area contributed by atoms with Crippen molar-refractivity contribution in [2.45, 2.75) is 51.7 Å². The van der Waals surface area contributed by atoms with Crippen molar-refractivity contribution in [3.8, 4) is 6.07 Å². The molecule has 5 nitrogen and oxygen atoms in total. The molecule has 1 rings (SSSR count). The first-order valence-corrected chi connectivity index (χ1v) is 8.70. The molecule has 2 radical (unpaired) electrons. The van der Waals surface area contributed by atoms with E-state index < -0.39 is 18.0 Å². The lowest BCUT2D eigenvalue weighted by atomic mass is 9.87. The SMILES string of the molecule is [B]C(=O)N[C@@H](Cc1ccccc1)[C@H](O)CNCC(C)(C)CCCC#N. The smallest absolute Gasteiger partial charge is 0.200 e. The summed E-state index contributed by atoms with van der Waals surface area (Å²) in [7, 11) is 5.24. The molecule has 0 aliphatic heterocycles. The fraction of sp³-hybridized carbons (Fsp3) is 0.579. The van der Waals surface area contributed by atoms with Crippen molar-refractivity contribution >= 4 is 13.7 Å². The average Bonchev–Trinajstić information content (AvgIpc) is 2.54. The summed E-state index contributed by atoms with van der Waals surface area (Å²) in [6.07, 6.45) is 2.14. The second kappa shape index (κ2) is 10.9. The summed E-state index contributed by atoms with van der Waals surface area (Å²) in [6, 6.07) is 11.4. The van der Waals surface area contributed by atoms with E-state index in [-0.39, 0.29) is 5.41 Å². The monoisotopic (exact) mass is 341 g/mol. The van der Waals surface area contributed by atoms with E-state index >= 15 is 0 Å². The Morgan fingerprint density at radius 2 is 2.04 bits per heavy atom. The molecule has 0 aromatic heterocycles. The maximum Gasteiger partial charge on any atom is 0.200 e. The highest BCUT2D eigenvalue weighted by Gasteiger charge is 2.22. The van der Waals surface area contributed by atoms with Crippen LogP contribution >= 0.6 is 0 Å². The highest BCUT2D eigenvalue weighted by Crippen LogP contribution is 2.21. The van der Waals surface area contributed by atoms with Gasteiger partial charge in [-0.3, -0.25) is 4.79 Å². The standard InChI is InChI=1S/C19H28BN3O2/c1-19(2,10-6-7-11-21)14-22-13-17(24)16(23-18(20)25)12-15-8-4-3-5-9-15/h3-5,8-9,16-17,22,24H,6-7,10,12-14H2,1-2H3,(H,23,25)/t16-,17+/m0/s1. The largest absolute Gasteiger partial charge is 0.390 e. The molecule has 0 saturated carbocycles. The number of benzene rings is 1. The van der Waals surface area contributed by atoms with Crippen molar-refractivity contribution in [2.75, 3.05) is 13.1 Å². The van der Waals surface area contributed by atoms with Gasteiger partial charge >= 0.3 is 0 Å². The molecule has 1 amide bonds. The van der Waals surface area contributed by atoms with Crippen LogP contribution in [-0.2, 0) is 6.42 Å². The van der Waals surface area contributed by atoms with Crippen molar-refractivity contribution in [1.29, 1.82) is 5.26 Å². The van der Waals surface area contributed by atoms with Gasteiger partial charge in [0.1, 0.15) is 0 Å². The van der Waals surface area contributed by atoms with Crippen LogP contribution in [0.4, 0.5) is 4.79 Å². The molecule has 0 unspecified atom stereocenters. The van der Waals surface area contributed by atoms with Crippen LogP contribution in [0, 0.1) is 16.7 Å². The number of aliphatic hydroxyl groups excluding tert-OH is 1. The lowest BCUT2D eigenvalue weighted by Crippen LogP contribution is -2.49. The van der Waals surface area contributed by atoms with E-state index in [0.717, 1.165) is 24.9 Å². The van der Waals surface area contributed by atoms with E-state index in [0.29, 0.717) is 19.4 Å². The molecule has 1 aromatic rings. The van der Waals surface area contributed by atoms with E-state index in [9.17, 15) is 9.90 Å². The maximum atomic E-state index is 11.2. The van der Waals surface area contributed by atoms with Crippen LogP contribution in [0.3, 0.4) is 0 Å². The summed E-state index contributed by atoms with van der Waals surface area (Å²) < 4.78 is 0. The number of nitrogens with zero attached hydrogens (tertiary/aromatic N) is 1. The van der Waals surface area contributed by atoms with Gasteiger partial charge < -0.3 is 15.7 Å². The van der Waals surface area contributed by atoms with Crippen LogP contribution in [0.2, 0.25) is 0 Å². The van der Waals surface area contributed by atoms with Gasteiger partial charge in [-0.1, -0.05) is 44.2 Å². The second-order valence-electron chi connectivity index (χ2n) is 7.18. The van der Waals surface area contributed by atoms with Crippen LogP contribution in [0.5, 0.6) is 0 Å². The van der Waals surface area contributed by atoms with Crippen molar-refractivity contribution in [1.82, 2.24) is 10.6 Å². The van der Waals surface area contributed by atoms with E-state index in [1.807, 2.05) is 30.3 Å². The third-order valence-electron chi connectivity index (χ3n) is 4.19. The Bertz CT molecular complexity index is 558. The van der Waals surface area contributed by atoms with E-state index in [2.05, 4.69) is 30.6 Å². The first-order chi connectivity index (χ1) is 11.8. The zero-order valence-electron chi connectivity index (χ0n) is 15.2. The van der Waals surface area contributed by atoms with E-state index in [1.165, 1.54) is 0 Å². The third-order valence-corrected chi connectivity index (χ3v) is 4.19. The molecule has 25 heavy (non-hydrogen) atoms. The molecule has 0 bridgehead atoms. The molecule has 1 aromatic carbocycles. The first-order valence-electron chi connectivity index (χ1n) is 8.70. The topological polar surface area (TPSA) is 85.2 Å². The van der Waals surface area contributed by atoms with Crippen LogP contribution in [0.25, 0.3) is 0 Å². The molecule has 0 heterocycles.